The van der Waals surface area contributed by atoms with Gasteiger partial charge in [0.05, 0.1) is 0 Å². The van der Waals surface area contributed by atoms with Crippen molar-refractivity contribution >= 4 is 11.8 Å². The smallest absolute Gasteiger partial charge is 0.106 e. The van der Waals surface area contributed by atoms with Crippen LogP contribution in [0, 0.1) is 0 Å². The summed E-state index contributed by atoms with van der Waals surface area (Å²) >= 11 is 1.72. The van der Waals surface area contributed by atoms with Gasteiger partial charge in [0.25, 0.3) is 0 Å². The maximum absolute atomic E-state index is 5.88. The third-order valence-electron chi connectivity index (χ3n) is 3.52. The molecule has 0 saturated carbocycles. The Balaban J connectivity index is 1.95. The first-order valence-electron chi connectivity index (χ1n) is 6.81. The summed E-state index contributed by atoms with van der Waals surface area (Å²) in [5.41, 5.74) is 9.75. The number of aromatic nitrogens is 1. The highest BCUT2D eigenvalue weighted by molar-refractivity contribution is 7.99. The average molecular weight is 270 g/mol. The quantitative estimate of drug-likeness (QED) is 0.926. The van der Waals surface area contributed by atoms with Crippen LogP contribution in [-0.2, 0) is 19.4 Å². The molecule has 0 fully saturated rings. The highest BCUT2D eigenvalue weighted by Crippen LogP contribution is 2.31. The van der Waals surface area contributed by atoms with Gasteiger partial charge in [0.1, 0.15) is 5.03 Å². The Kier molecular flexibility index (Phi) is 3.85. The SMILES string of the molecule is NCc1cc2c(nc1Sc1ccccc1)CCCC2. The zero-order chi connectivity index (χ0) is 13.1. The number of benzene rings is 1. The molecule has 2 nitrogen and oxygen atoms in total. The van der Waals surface area contributed by atoms with Crippen molar-refractivity contribution in [3.63, 3.8) is 0 Å². The van der Waals surface area contributed by atoms with Gasteiger partial charge in [-0.3, -0.25) is 0 Å². The molecule has 3 heteroatoms. The number of rotatable bonds is 3. The van der Waals surface area contributed by atoms with E-state index in [0.717, 1.165) is 17.9 Å². The third kappa shape index (κ3) is 2.82. The van der Waals surface area contributed by atoms with Gasteiger partial charge in [0.15, 0.2) is 0 Å². The van der Waals surface area contributed by atoms with Crippen molar-refractivity contribution in [2.45, 2.75) is 42.1 Å². The largest absolute Gasteiger partial charge is 0.326 e. The molecule has 0 amide bonds. The van der Waals surface area contributed by atoms with E-state index in [4.69, 9.17) is 10.7 Å². The Morgan fingerprint density at radius 1 is 1.11 bits per heavy atom. The second-order valence-electron chi connectivity index (χ2n) is 4.88. The lowest BCUT2D eigenvalue weighted by molar-refractivity contribution is 0.656. The van der Waals surface area contributed by atoms with Crippen LogP contribution in [0.25, 0.3) is 0 Å². The lowest BCUT2D eigenvalue weighted by Gasteiger charge is -2.18. The maximum Gasteiger partial charge on any atom is 0.106 e. The molecule has 0 spiro atoms. The molecule has 0 bridgehead atoms. The van der Waals surface area contributed by atoms with E-state index in [-0.39, 0.29) is 0 Å². The summed E-state index contributed by atoms with van der Waals surface area (Å²) in [5.74, 6) is 0. The van der Waals surface area contributed by atoms with Crippen LogP contribution in [0.4, 0.5) is 0 Å². The van der Waals surface area contributed by atoms with Crippen molar-refractivity contribution in [3.05, 3.63) is 53.2 Å². The lowest BCUT2D eigenvalue weighted by Crippen LogP contribution is -2.10. The minimum absolute atomic E-state index is 0.565. The zero-order valence-electron chi connectivity index (χ0n) is 10.9. The molecule has 2 aromatic rings. The molecule has 0 radical (unpaired) electrons. The highest BCUT2D eigenvalue weighted by Gasteiger charge is 2.15. The van der Waals surface area contributed by atoms with Gasteiger partial charge in [-0.05, 0) is 48.9 Å². The third-order valence-corrected chi connectivity index (χ3v) is 4.57. The van der Waals surface area contributed by atoms with Gasteiger partial charge < -0.3 is 5.73 Å². The van der Waals surface area contributed by atoms with Crippen LogP contribution in [0.5, 0.6) is 0 Å². The number of nitrogens with zero attached hydrogens (tertiary/aromatic N) is 1. The van der Waals surface area contributed by atoms with Gasteiger partial charge in [-0.15, -0.1) is 0 Å². The summed E-state index contributed by atoms with van der Waals surface area (Å²) in [6.07, 6.45) is 4.81. The normalized spacial score (nSPS) is 14.2. The number of hydrogen-bond donors (Lipinski definition) is 1. The van der Waals surface area contributed by atoms with Gasteiger partial charge in [0, 0.05) is 17.1 Å². The topological polar surface area (TPSA) is 38.9 Å². The fraction of sp³-hybridized carbons (Fsp3) is 0.312. The molecular formula is C16H18N2S. The van der Waals surface area contributed by atoms with Gasteiger partial charge in [0.2, 0.25) is 0 Å². The molecule has 2 N–H and O–H groups in total. The highest BCUT2D eigenvalue weighted by atomic mass is 32.2. The Hall–Kier alpha value is -1.32. The first-order valence-corrected chi connectivity index (χ1v) is 7.63. The molecule has 1 heterocycles. The Labute approximate surface area is 118 Å². The molecule has 1 aliphatic rings. The molecule has 1 aromatic carbocycles. The number of pyridine rings is 1. The molecular weight excluding hydrogens is 252 g/mol. The van der Waals surface area contributed by atoms with E-state index in [1.54, 1.807) is 11.8 Å². The van der Waals surface area contributed by atoms with E-state index in [2.05, 4.69) is 30.3 Å². The molecule has 1 aromatic heterocycles. The van der Waals surface area contributed by atoms with E-state index in [0.29, 0.717) is 6.54 Å². The van der Waals surface area contributed by atoms with Gasteiger partial charge >= 0.3 is 0 Å². The summed E-state index contributed by atoms with van der Waals surface area (Å²) in [6, 6.07) is 12.7. The Bertz CT molecular complexity index is 566. The van der Waals surface area contributed by atoms with Crippen LogP contribution >= 0.6 is 11.8 Å². The van der Waals surface area contributed by atoms with Crippen LogP contribution in [-0.4, -0.2) is 4.98 Å². The predicted octanol–water partition coefficient (Wildman–Crippen LogP) is 3.57. The number of nitrogens with two attached hydrogens (primary N) is 1. The van der Waals surface area contributed by atoms with Crippen molar-refractivity contribution < 1.29 is 0 Å². The monoisotopic (exact) mass is 270 g/mol. The van der Waals surface area contributed by atoms with Crippen molar-refractivity contribution in [2.24, 2.45) is 5.73 Å². The molecule has 98 valence electrons. The summed E-state index contributed by atoms with van der Waals surface area (Å²) in [5, 5.41) is 1.08. The number of fused-ring (bicyclic) bond motifs is 1. The summed E-state index contributed by atoms with van der Waals surface area (Å²) < 4.78 is 0. The minimum Gasteiger partial charge on any atom is -0.326 e. The van der Waals surface area contributed by atoms with Crippen LogP contribution in [0.1, 0.15) is 29.7 Å². The minimum atomic E-state index is 0.565. The molecule has 1 aliphatic carbocycles. The fourth-order valence-corrected chi connectivity index (χ4v) is 3.44. The Morgan fingerprint density at radius 2 is 1.89 bits per heavy atom. The summed E-state index contributed by atoms with van der Waals surface area (Å²) in [4.78, 5) is 6.08. The van der Waals surface area contributed by atoms with Crippen LogP contribution < -0.4 is 5.73 Å². The van der Waals surface area contributed by atoms with E-state index in [9.17, 15) is 0 Å². The fourth-order valence-electron chi connectivity index (χ4n) is 2.50. The standard InChI is InChI=1S/C16H18N2S/c17-11-13-10-12-6-4-5-9-15(12)18-16(13)19-14-7-2-1-3-8-14/h1-3,7-8,10H,4-6,9,11,17H2. The van der Waals surface area contributed by atoms with E-state index in [1.807, 2.05) is 6.07 Å². The molecule has 0 aliphatic heterocycles. The molecule has 0 unspecified atom stereocenters. The van der Waals surface area contributed by atoms with Gasteiger partial charge in [-0.2, -0.15) is 0 Å². The van der Waals surface area contributed by atoms with E-state index in [1.165, 1.54) is 34.6 Å². The average Bonchev–Trinajstić information content (AvgIpc) is 2.47. The van der Waals surface area contributed by atoms with Crippen LogP contribution in [0.2, 0.25) is 0 Å². The van der Waals surface area contributed by atoms with Crippen molar-refractivity contribution in [1.29, 1.82) is 0 Å². The molecule has 0 atom stereocenters. The number of hydrogen-bond acceptors (Lipinski definition) is 3. The van der Waals surface area contributed by atoms with Crippen molar-refractivity contribution in [2.75, 3.05) is 0 Å². The number of aryl methyl sites for hydroxylation is 2. The molecule has 0 saturated heterocycles. The van der Waals surface area contributed by atoms with Gasteiger partial charge in [-0.1, -0.05) is 36.0 Å². The van der Waals surface area contributed by atoms with Crippen LogP contribution in [0.3, 0.4) is 0 Å². The van der Waals surface area contributed by atoms with Gasteiger partial charge in [-0.25, -0.2) is 4.98 Å². The molecule has 3 rings (SSSR count). The van der Waals surface area contributed by atoms with Crippen LogP contribution in [0.15, 0.2) is 46.3 Å². The lowest BCUT2D eigenvalue weighted by atomic mass is 9.95. The summed E-state index contributed by atoms with van der Waals surface area (Å²) in [6.45, 7) is 0.565. The van der Waals surface area contributed by atoms with Crippen molar-refractivity contribution in [1.82, 2.24) is 4.98 Å². The van der Waals surface area contributed by atoms with Crippen molar-refractivity contribution in [3.8, 4) is 0 Å². The first kappa shape index (κ1) is 12.7. The molecule has 19 heavy (non-hydrogen) atoms. The zero-order valence-corrected chi connectivity index (χ0v) is 11.7. The Morgan fingerprint density at radius 3 is 2.68 bits per heavy atom. The first-order chi connectivity index (χ1) is 9.36. The van der Waals surface area contributed by atoms with E-state index < -0.39 is 0 Å². The summed E-state index contributed by atoms with van der Waals surface area (Å²) in [7, 11) is 0. The second kappa shape index (κ2) is 5.76. The van der Waals surface area contributed by atoms with E-state index >= 15 is 0 Å². The maximum atomic E-state index is 5.88. The predicted molar refractivity (Wildman–Crippen MR) is 79.3 cm³/mol. The second-order valence-corrected chi connectivity index (χ2v) is 5.95.